The van der Waals surface area contributed by atoms with Crippen LogP contribution in [-0.2, 0) is 0 Å². The Morgan fingerprint density at radius 1 is 1.18 bits per heavy atom. The van der Waals surface area contributed by atoms with Crippen molar-refractivity contribution in [2.45, 2.75) is 64.0 Å². The van der Waals surface area contributed by atoms with Crippen LogP contribution in [0.2, 0.25) is 0 Å². The molecule has 1 unspecified atom stereocenters. The zero-order valence-electron chi connectivity index (χ0n) is 11.2. The van der Waals surface area contributed by atoms with Crippen molar-refractivity contribution < 1.29 is 0 Å². The van der Waals surface area contributed by atoms with E-state index in [1.54, 1.807) is 6.92 Å². The van der Waals surface area contributed by atoms with E-state index in [1.165, 1.54) is 6.42 Å². The second-order valence-corrected chi connectivity index (χ2v) is 5.38. The van der Waals surface area contributed by atoms with Gasteiger partial charge in [-0.25, -0.2) is 0 Å². The highest BCUT2D eigenvalue weighted by Gasteiger charge is 2.26. The number of nitrogens with two attached hydrogens (primary N) is 2. The minimum atomic E-state index is -0.653. The molecular formula is C13H24N4. The molecule has 0 aromatic heterocycles. The maximum atomic E-state index is 8.58. The van der Waals surface area contributed by atoms with Gasteiger partial charge < -0.3 is 11.5 Å². The number of nitrogens with zero attached hydrogens (tertiary/aromatic N) is 2. The smallest absolute Gasteiger partial charge is 0.104 e. The first kappa shape index (κ1) is 15.9. The summed E-state index contributed by atoms with van der Waals surface area (Å²) in [6.07, 6.45) is 5.29. The van der Waals surface area contributed by atoms with Gasteiger partial charge in [-0.15, -0.1) is 0 Å². The number of hydrogen-bond donors (Lipinski definition) is 2. The normalized spacial score (nSPS) is 21.4. The molecule has 0 heterocycles. The van der Waals surface area contributed by atoms with Crippen LogP contribution >= 0.6 is 0 Å². The lowest BCUT2D eigenvalue weighted by Crippen LogP contribution is -2.39. The van der Waals surface area contributed by atoms with Crippen LogP contribution in [0.1, 0.15) is 52.9 Å². The molecule has 1 atom stereocenters. The Bertz CT molecular complexity index is 300. The van der Waals surface area contributed by atoms with E-state index < -0.39 is 11.1 Å². The molecule has 0 bridgehead atoms. The highest BCUT2D eigenvalue weighted by atomic mass is 14.7. The third-order valence-corrected chi connectivity index (χ3v) is 3.41. The van der Waals surface area contributed by atoms with Crippen LogP contribution in [0.5, 0.6) is 0 Å². The molecule has 0 aromatic carbocycles. The maximum Gasteiger partial charge on any atom is 0.104 e. The Kier molecular flexibility index (Phi) is 6.16. The van der Waals surface area contributed by atoms with Gasteiger partial charge in [0.15, 0.2) is 0 Å². The van der Waals surface area contributed by atoms with E-state index in [4.69, 9.17) is 22.0 Å². The van der Waals surface area contributed by atoms with E-state index in [9.17, 15) is 0 Å². The Morgan fingerprint density at radius 2 is 1.65 bits per heavy atom. The van der Waals surface area contributed by atoms with Gasteiger partial charge in [0.25, 0.3) is 0 Å². The zero-order valence-corrected chi connectivity index (χ0v) is 11.2. The van der Waals surface area contributed by atoms with Crippen LogP contribution in [0.15, 0.2) is 0 Å². The molecule has 0 amide bonds. The average molecular weight is 236 g/mol. The van der Waals surface area contributed by atoms with Gasteiger partial charge >= 0.3 is 0 Å². The molecule has 1 rings (SSSR count). The fourth-order valence-electron chi connectivity index (χ4n) is 1.42. The molecule has 4 nitrogen and oxygen atoms in total. The van der Waals surface area contributed by atoms with E-state index in [2.05, 4.69) is 6.07 Å². The lowest BCUT2D eigenvalue weighted by molar-refractivity contribution is 0.367. The van der Waals surface area contributed by atoms with Gasteiger partial charge in [0.1, 0.15) is 11.1 Å². The summed E-state index contributed by atoms with van der Waals surface area (Å²) < 4.78 is 0. The van der Waals surface area contributed by atoms with Crippen LogP contribution in [0, 0.1) is 28.6 Å². The summed E-state index contributed by atoms with van der Waals surface area (Å²) in [4.78, 5) is 0. The quantitative estimate of drug-likeness (QED) is 0.727. The summed E-state index contributed by atoms with van der Waals surface area (Å²) >= 11 is 0. The van der Waals surface area contributed by atoms with Gasteiger partial charge in [-0.2, -0.15) is 10.5 Å². The average Bonchev–Trinajstić information content (AvgIpc) is 2.31. The van der Waals surface area contributed by atoms with E-state index in [1.807, 2.05) is 19.9 Å². The minimum absolute atomic E-state index is 0.229. The van der Waals surface area contributed by atoms with Gasteiger partial charge in [-0.3, -0.25) is 0 Å². The predicted octanol–water partition coefficient (Wildman–Crippen LogP) is 2.05. The summed E-state index contributed by atoms with van der Waals surface area (Å²) in [5.41, 5.74) is 10.1. The number of rotatable bonds is 1. The highest BCUT2D eigenvalue weighted by molar-refractivity contribution is 5.05. The highest BCUT2D eigenvalue weighted by Crippen LogP contribution is 2.24. The SMILES string of the molecule is CC(C)C(C)(N)C#N.N#CC1(N)CCCCC1. The first-order valence-electron chi connectivity index (χ1n) is 6.18. The van der Waals surface area contributed by atoms with Crippen molar-refractivity contribution in [2.75, 3.05) is 0 Å². The standard InChI is InChI=1S/C7H12N2.C6H12N2/c8-6-7(9)4-2-1-3-5-7;1-5(2)6(3,8)4-7/h1-5,9H2;5H,8H2,1-3H3. The molecule has 0 saturated heterocycles. The molecule has 1 aliphatic rings. The van der Waals surface area contributed by atoms with Crippen LogP contribution < -0.4 is 11.5 Å². The van der Waals surface area contributed by atoms with E-state index >= 15 is 0 Å². The second-order valence-electron chi connectivity index (χ2n) is 5.38. The van der Waals surface area contributed by atoms with Crippen molar-refractivity contribution in [2.24, 2.45) is 17.4 Å². The molecule has 1 fully saturated rings. The van der Waals surface area contributed by atoms with Crippen molar-refractivity contribution in [1.29, 1.82) is 10.5 Å². The Balaban J connectivity index is 0.000000304. The van der Waals surface area contributed by atoms with E-state index in [0.29, 0.717) is 0 Å². The molecule has 0 aromatic rings. The van der Waals surface area contributed by atoms with Gasteiger partial charge in [-0.1, -0.05) is 33.1 Å². The molecule has 4 heteroatoms. The van der Waals surface area contributed by atoms with Gasteiger partial charge in [0, 0.05) is 0 Å². The lowest BCUT2D eigenvalue weighted by atomic mass is 9.84. The van der Waals surface area contributed by atoms with Crippen LogP contribution in [-0.4, -0.2) is 11.1 Å². The molecule has 4 N–H and O–H groups in total. The largest absolute Gasteiger partial charge is 0.313 e. The number of nitriles is 2. The fourth-order valence-corrected chi connectivity index (χ4v) is 1.42. The maximum absolute atomic E-state index is 8.58. The molecule has 0 radical (unpaired) electrons. The number of hydrogen-bond acceptors (Lipinski definition) is 4. The monoisotopic (exact) mass is 236 g/mol. The third-order valence-electron chi connectivity index (χ3n) is 3.41. The molecule has 1 aliphatic carbocycles. The van der Waals surface area contributed by atoms with Crippen molar-refractivity contribution >= 4 is 0 Å². The van der Waals surface area contributed by atoms with Crippen LogP contribution in [0.25, 0.3) is 0 Å². The van der Waals surface area contributed by atoms with Gasteiger partial charge in [0.05, 0.1) is 12.1 Å². The summed E-state index contributed by atoms with van der Waals surface area (Å²) in [5, 5.41) is 17.0. The first-order chi connectivity index (χ1) is 7.77. The molecule has 0 spiro atoms. The van der Waals surface area contributed by atoms with Gasteiger partial charge in [0.2, 0.25) is 0 Å². The van der Waals surface area contributed by atoms with Crippen molar-refractivity contribution in [3.05, 3.63) is 0 Å². The summed E-state index contributed by atoms with van der Waals surface area (Å²) in [6.45, 7) is 5.60. The first-order valence-corrected chi connectivity index (χ1v) is 6.18. The fraction of sp³-hybridized carbons (Fsp3) is 0.846. The van der Waals surface area contributed by atoms with Crippen molar-refractivity contribution in [1.82, 2.24) is 0 Å². The predicted molar refractivity (Wildman–Crippen MR) is 68.7 cm³/mol. The molecule has 0 aliphatic heterocycles. The molecule has 1 saturated carbocycles. The summed E-state index contributed by atoms with van der Waals surface area (Å²) in [5.74, 6) is 0.229. The third kappa shape index (κ3) is 5.68. The summed E-state index contributed by atoms with van der Waals surface area (Å²) in [6, 6.07) is 4.18. The minimum Gasteiger partial charge on any atom is -0.313 e. The van der Waals surface area contributed by atoms with Crippen molar-refractivity contribution in [3.63, 3.8) is 0 Å². The van der Waals surface area contributed by atoms with Crippen molar-refractivity contribution in [3.8, 4) is 12.1 Å². The Labute approximate surface area is 105 Å². The topological polar surface area (TPSA) is 99.6 Å². The molecule has 96 valence electrons. The van der Waals surface area contributed by atoms with Crippen LogP contribution in [0.3, 0.4) is 0 Å². The summed E-state index contributed by atoms with van der Waals surface area (Å²) in [7, 11) is 0. The van der Waals surface area contributed by atoms with Gasteiger partial charge in [-0.05, 0) is 25.7 Å². The van der Waals surface area contributed by atoms with E-state index in [-0.39, 0.29) is 5.92 Å². The van der Waals surface area contributed by atoms with E-state index in [0.717, 1.165) is 25.7 Å². The molecule has 17 heavy (non-hydrogen) atoms. The Hall–Kier alpha value is -1.10. The Morgan fingerprint density at radius 3 is 1.82 bits per heavy atom. The van der Waals surface area contributed by atoms with Crippen LogP contribution in [0.4, 0.5) is 0 Å². The molecular weight excluding hydrogens is 212 g/mol. The zero-order chi connectivity index (χ0) is 13.5. The second kappa shape index (κ2) is 6.59. The lowest BCUT2D eigenvalue weighted by Gasteiger charge is -2.25.